The maximum atomic E-state index is 10.8. The number of ether oxygens (including phenoxy) is 2. The van der Waals surface area contributed by atoms with E-state index in [1.165, 1.54) is 0 Å². The van der Waals surface area contributed by atoms with E-state index in [4.69, 9.17) is 14.6 Å². The predicted molar refractivity (Wildman–Crippen MR) is 52.4 cm³/mol. The Bertz CT molecular complexity index is 186. The Labute approximate surface area is 84.4 Å². The van der Waals surface area contributed by atoms with Crippen molar-refractivity contribution in [3.8, 4) is 0 Å². The summed E-state index contributed by atoms with van der Waals surface area (Å²) in [7, 11) is 3.17. The summed E-state index contributed by atoms with van der Waals surface area (Å²) in [6, 6.07) is 0. The number of aliphatic carboxylic acids is 1. The second kappa shape index (κ2) is 5.95. The van der Waals surface area contributed by atoms with Gasteiger partial charge in [0, 0.05) is 7.11 Å². The number of likely N-dealkylation sites (N-methyl/N-ethyl adjacent to an activating group) is 1. The number of carbonyl (C=O) groups is 1. The molecule has 0 saturated carbocycles. The standard InChI is InChI=1S/C9H19NO4/c1-7(5-13-4)14-6-9(2,10-3)8(11)12/h7,10H,5-6H2,1-4H3,(H,11,12). The molecular formula is C9H19NO4. The first-order valence-electron chi connectivity index (χ1n) is 4.49. The van der Waals surface area contributed by atoms with E-state index in [-0.39, 0.29) is 12.7 Å². The van der Waals surface area contributed by atoms with Crippen molar-refractivity contribution in [2.24, 2.45) is 0 Å². The van der Waals surface area contributed by atoms with Crippen LogP contribution in [0.2, 0.25) is 0 Å². The Morgan fingerprint density at radius 3 is 2.57 bits per heavy atom. The first-order valence-corrected chi connectivity index (χ1v) is 4.49. The van der Waals surface area contributed by atoms with E-state index in [9.17, 15) is 4.79 Å². The molecule has 0 amide bonds. The fraction of sp³-hybridized carbons (Fsp3) is 0.889. The minimum atomic E-state index is -1.04. The molecule has 0 aliphatic rings. The molecule has 0 spiro atoms. The SMILES string of the molecule is CNC(C)(COC(C)COC)C(=O)O. The third-order valence-corrected chi connectivity index (χ3v) is 2.08. The lowest BCUT2D eigenvalue weighted by atomic mass is 10.1. The van der Waals surface area contributed by atoms with Crippen LogP contribution in [0.3, 0.4) is 0 Å². The smallest absolute Gasteiger partial charge is 0.326 e. The summed E-state index contributed by atoms with van der Waals surface area (Å²) >= 11 is 0. The average molecular weight is 205 g/mol. The monoisotopic (exact) mass is 205 g/mol. The third kappa shape index (κ3) is 4.04. The highest BCUT2D eigenvalue weighted by Gasteiger charge is 2.31. The minimum absolute atomic E-state index is 0.105. The molecule has 0 aromatic heterocycles. The lowest BCUT2D eigenvalue weighted by Crippen LogP contribution is -2.52. The van der Waals surface area contributed by atoms with Crippen molar-refractivity contribution in [3.05, 3.63) is 0 Å². The molecule has 2 unspecified atom stereocenters. The Morgan fingerprint density at radius 1 is 1.64 bits per heavy atom. The summed E-state index contributed by atoms with van der Waals surface area (Å²) in [6.45, 7) is 3.99. The van der Waals surface area contributed by atoms with E-state index in [1.54, 1.807) is 21.1 Å². The number of nitrogens with one attached hydrogen (secondary N) is 1. The fourth-order valence-corrected chi connectivity index (χ4v) is 0.833. The Morgan fingerprint density at radius 2 is 2.21 bits per heavy atom. The van der Waals surface area contributed by atoms with E-state index in [0.717, 1.165) is 0 Å². The highest BCUT2D eigenvalue weighted by molar-refractivity contribution is 5.78. The van der Waals surface area contributed by atoms with E-state index in [1.807, 2.05) is 6.92 Å². The summed E-state index contributed by atoms with van der Waals surface area (Å²) in [6.07, 6.45) is -0.105. The highest BCUT2D eigenvalue weighted by atomic mass is 16.5. The van der Waals surface area contributed by atoms with Crippen LogP contribution in [-0.2, 0) is 14.3 Å². The van der Waals surface area contributed by atoms with Crippen molar-refractivity contribution in [1.29, 1.82) is 0 Å². The number of carboxylic acid groups (broad SMARTS) is 1. The van der Waals surface area contributed by atoms with Crippen LogP contribution in [0.15, 0.2) is 0 Å². The maximum absolute atomic E-state index is 10.8. The molecule has 0 saturated heterocycles. The van der Waals surface area contributed by atoms with Crippen LogP contribution in [0.1, 0.15) is 13.8 Å². The number of hydrogen-bond donors (Lipinski definition) is 2. The summed E-state index contributed by atoms with van der Waals surface area (Å²) < 4.78 is 10.2. The van der Waals surface area contributed by atoms with Crippen molar-refractivity contribution in [1.82, 2.24) is 5.32 Å². The maximum Gasteiger partial charge on any atom is 0.326 e. The second-order valence-electron chi connectivity index (χ2n) is 3.46. The molecule has 84 valence electrons. The zero-order valence-corrected chi connectivity index (χ0v) is 9.16. The number of carboxylic acids is 1. The normalized spacial score (nSPS) is 17.4. The Balaban J connectivity index is 4.01. The van der Waals surface area contributed by atoms with E-state index in [0.29, 0.717) is 6.61 Å². The van der Waals surface area contributed by atoms with Gasteiger partial charge in [-0.2, -0.15) is 0 Å². The van der Waals surface area contributed by atoms with Crippen LogP contribution in [0.5, 0.6) is 0 Å². The Hall–Kier alpha value is -0.650. The third-order valence-electron chi connectivity index (χ3n) is 2.08. The van der Waals surface area contributed by atoms with Gasteiger partial charge in [-0.3, -0.25) is 4.79 Å². The second-order valence-corrected chi connectivity index (χ2v) is 3.46. The van der Waals surface area contributed by atoms with Crippen LogP contribution in [-0.4, -0.2) is 50.1 Å². The van der Waals surface area contributed by atoms with Crippen LogP contribution in [0, 0.1) is 0 Å². The number of rotatable bonds is 7. The molecule has 14 heavy (non-hydrogen) atoms. The highest BCUT2D eigenvalue weighted by Crippen LogP contribution is 2.05. The van der Waals surface area contributed by atoms with Gasteiger partial charge in [0.15, 0.2) is 0 Å². The lowest BCUT2D eigenvalue weighted by molar-refractivity contribution is -0.148. The van der Waals surface area contributed by atoms with Crippen molar-refractivity contribution >= 4 is 5.97 Å². The van der Waals surface area contributed by atoms with Crippen molar-refractivity contribution in [3.63, 3.8) is 0 Å². The van der Waals surface area contributed by atoms with Crippen molar-refractivity contribution in [2.75, 3.05) is 27.4 Å². The van der Waals surface area contributed by atoms with Crippen LogP contribution >= 0.6 is 0 Å². The molecular weight excluding hydrogens is 186 g/mol. The van der Waals surface area contributed by atoms with E-state index < -0.39 is 11.5 Å². The molecule has 0 fully saturated rings. The van der Waals surface area contributed by atoms with Crippen LogP contribution < -0.4 is 5.32 Å². The molecule has 0 aromatic rings. The Kier molecular flexibility index (Phi) is 5.68. The topological polar surface area (TPSA) is 67.8 Å². The molecule has 2 atom stereocenters. The van der Waals surface area contributed by atoms with Crippen molar-refractivity contribution < 1.29 is 19.4 Å². The van der Waals surface area contributed by atoms with Gasteiger partial charge in [0.25, 0.3) is 0 Å². The molecule has 0 aliphatic heterocycles. The number of hydrogen-bond acceptors (Lipinski definition) is 4. The average Bonchev–Trinajstić information content (AvgIpc) is 2.14. The quantitative estimate of drug-likeness (QED) is 0.617. The van der Waals surface area contributed by atoms with Gasteiger partial charge in [-0.15, -0.1) is 0 Å². The van der Waals surface area contributed by atoms with Gasteiger partial charge in [0.05, 0.1) is 19.3 Å². The molecule has 0 aromatic carbocycles. The molecule has 2 N–H and O–H groups in total. The molecule has 0 rings (SSSR count). The van der Waals surface area contributed by atoms with Gasteiger partial charge in [0.1, 0.15) is 5.54 Å². The molecule has 0 heterocycles. The van der Waals surface area contributed by atoms with E-state index >= 15 is 0 Å². The zero-order chi connectivity index (χ0) is 11.2. The summed E-state index contributed by atoms with van der Waals surface area (Å²) in [5.41, 5.74) is -1.04. The van der Waals surface area contributed by atoms with E-state index in [2.05, 4.69) is 5.32 Å². The van der Waals surface area contributed by atoms with Gasteiger partial charge < -0.3 is 19.9 Å². The van der Waals surface area contributed by atoms with Gasteiger partial charge >= 0.3 is 5.97 Å². The largest absolute Gasteiger partial charge is 0.480 e. The zero-order valence-electron chi connectivity index (χ0n) is 9.16. The number of methoxy groups -OCH3 is 1. The molecule has 0 bridgehead atoms. The lowest BCUT2D eigenvalue weighted by Gasteiger charge is -2.25. The molecule has 0 radical (unpaired) electrons. The predicted octanol–water partition coefficient (Wildman–Crippen LogP) is 0.101. The van der Waals surface area contributed by atoms with Crippen LogP contribution in [0.25, 0.3) is 0 Å². The van der Waals surface area contributed by atoms with Gasteiger partial charge in [-0.1, -0.05) is 0 Å². The van der Waals surface area contributed by atoms with Gasteiger partial charge in [0.2, 0.25) is 0 Å². The summed E-state index contributed by atoms with van der Waals surface area (Å²) in [5, 5.41) is 11.6. The first kappa shape index (κ1) is 13.4. The molecule has 0 aliphatic carbocycles. The summed E-state index contributed by atoms with van der Waals surface area (Å²) in [5.74, 6) is -0.926. The minimum Gasteiger partial charge on any atom is -0.480 e. The van der Waals surface area contributed by atoms with Gasteiger partial charge in [-0.25, -0.2) is 0 Å². The molecule has 5 heteroatoms. The van der Waals surface area contributed by atoms with Gasteiger partial charge in [-0.05, 0) is 20.9 Å². The fourth-order valence-electron chi connectivity index (χ4n) is 0.833. The molecule has 5 nitrogen and oxygen atoms in total. The van der Waals surface area contributed by atoms with Crippen molar-refractivity contribution in [2.45, 2.75) is 25.5 Å². The first-order chi connectivity index (χ1) is 6.46. The summed E-state index contributed by atoms with van der Waals surface area (Å²) in [4.78, 5) is 10.8. The van der Waals surface area contributed by atoms with Crippen LogP contribution in [0.4, 0.5) is 0 Å².